The van der Waals surface area contributed by atoms with Gasteiger partial charge in [0.05, 0.1) is 24.7 Å². The highest BCUT2D eigenvalue weighted by atomic mass is 32.2. The number of hydrogen-bond acceptors (Lipinski definition) is 5. The minimum atomic E-state index is -2.96. The van der Waals surface area contributed by atoms with Crippen molar-refractivity contribution in [3.8, 4) is 0 Å². The molecule has 0 saturated carbocycles. The van der Waals surface area contributed by atoms with Crippen LogP contribution in [0.25, 0.3) is 0 Å². The monoisotopic (exact) mass is 264 g/mol. The van der Waals surface area contributed by atoms with E-state index in [1.807, 2.05) is 0 Å². The molecule has 0 spiro atoms. The van der Waals surface area contributed by atoms with E-state index in [2.05, 4.69) is 5.32 Å². The van der Waals surface area contributed by atoms with E-state index in [-0.39, 0.29) is 30.0 Å². The van der Waals surface area contributed by atoms with Crippen LogP contribution in [0.4, 0.5) is 0 Å². The third-order valence-electron chi connectivity index (χ3n) is 2.75. The van der Waals surface area contributed by atoms with Crippen LogP contribution in [0, 0.1) is 0 Å². The van der Waals surface area contributed by atoms with Crippen molar-refractivity contribution in [3.05, 3.63) is 0 Å². The number of hydrogen-bond donors (Lipinski definition) is 1. The Bertz CT molecular complexity index is 355. The van der Waals surface area contributed by atoms with Crippen molar-refractivity contribution < 1.29 is 17.9 Å². The molecule has 100 valence electrons. The van der Waals surface area contributed by atoms with Gasteiger partial charge in [0.15, 0.2) is 9.84 Å². The molecule has 0 aromatic heterocycles. The molecule has 1 fully saturated rings. The Labute approximate surface area is 102 Å². The van der Waals surface area contributed by atoms with Crippen LogP contribution in [0.3, 0.4) is 0 Å². The maximum Gasteiger partial charge on any atom is 0.236 e. The van der Waals surface area contributed by atoms with E-state index in [1.165, 1.54) is 0 Å². The fraction of sp³-hybridized carbons (Fsp3) is 0.900. The first-order valence-electron chi connectivity index (χ1n) is 5.66. The second-order valence-corrected chi connectivity index (χ2v) is 6.45. The summed E-state index contributed by atoms with van der Waals surface area (Å²) in [6.45, 7) is 3.46. The lowest BCUT2D eigenvalue weighted by molar-refractivity contribution is -0.131. The molecular formula is C10H20N2O4S. The van der Waals surface area contributed by atoms with Gasteiger partial charge in [-0.1, -0.05) is 0 Å². The van der Waals surface area contributed by atoms with Crippen molar-refractivity contribution in [2.24, 2.45) is 0 Å². The zero-order valence-electron chi connectivity index (χ0n) is 10.3. The second kappa shape index (κ2) is 6.32. The maximum absolute atomic E-state index is 11.8. The first kappa shape index (κ1) is 14.4. The highest BCUT2D eigenvalue weighted by Gasteiger charge is 2.30. The lowest BCUT2D eigenvalue weighted by Crippen LogP contribution is -2.52. The SMILES string of the molecule is COCCNCC(=O)N1CCS(=O)(=O)CC1C. The number of sulfone groups is 1. The van der Waals surface area contributed by atoms with Gasteiger partial charge in [-0.15, -0.1) is 0 Å². The van der Waals surface area contributed by atoms with E-state index >= 15 is 0 Å². The molecule has 1 aliphatic heterocycles. The summed E-state index contributed by atoms with van der Waals surface area (Å²) >= 11 is 0. The first-order valence-corrected chi connectivity index (χ1v) is 7.48. The lowest BCUT2D eigenvalue weighted by Gasteiger charge is -2.33. The van der Waals surface area contributed by atoms with Crippen LogP contribution in [0.2, 0.25) is 0 Å². The maximum atomic E-state index is 11.8. The van der Waals surface area contributed by atoms with Crippen molar-refractivity contribution >= 4 is 15.7 Å². The summed E-state index contributed by atoms with van der Waals surface area (Å²) in [6.07, 6.45) is 0. The largest absolute Gasteiger partial charge is 0.383 e. The Morgan fingerprint density at radius 1 is 1.53 bits per heavy atom. The number of rotatable bonds is 5. The van der Waals surface area contributed by atoms with Crippen LogP contribution in [-0.4, -0.2) is 70.1 Å². The topological polar surface area (TPSA) is 75.7 Å². The summed E-state index contributed by atoms with van der Waals surface area (Å²) in [4.78, 5) is 13.4. The average Bonchev–Trinajstić information content (AvgIpc) is 2.23. The molecule has 1 unspecified atom stereocenters. The molecule has 0 aliphatic carbocycles. The summed E-state index contributed by atoms with van der Waals surface area (Å²) in [7, 11) is -1.36. The van der Waals surface area contributed by atoms with Crippen LogP contribution < -0.4 is 5.32 Å². The van der Waals surface area contributed by atoms with E-state index in [1.54, 1.807) is 18.9 Å². The van der Waals surface area contributed by atoms with Crippen LogP contribution >= 0.6 is 0 Å². The molecule has 7 heteroatoms. The van der Waals surface area contributed by atoms with Crippen LogP contribution in [0.15, 0.2) is 0 Å². The summed E-state index contributed by atoms with van der Waals surface area (Å²) in [5.41, 5.74) is 0. The van der Waals surface area contributed by atoms with Gasteiger partial charge in [0.1, 0.15) is 0 Å². The summed E-state index contributed by atoms with van der Waals surface area (Å²) < 4.78 is 27.6. The number of amides is 1. The van der Waals surface area contributed by atoms with Gasteiger partial charge in [0, 0.05) is 26.2 Å². The fourth-order valence-corrected chi connectivity index (χ4v) is 3.40. The molecule has 1 atom stereocenters. The Morgan fingerprint density at radius 2 is 2.24 bits per heavy atom. The smallest absolute Gasteiger partial charge is 0.236 e. The fourth-order valence-electron chi connectivity index (χ4n) is 1.84. The van der Waals surface area contributed by atoms with Crippen molar-refractivity contribution in [1.29, 1.82) is 0 Å². The second-order valence-electron chi connectivity index (χ2n) is 4.22. The molecule has 0 aromatic carbocycles. The van der Waals surface area contributed by atoms with Gasteiger partial charge in [-0.25, -0.2) is 8.42 Å². The third-order valence-corrected chi connectivity index (χ3v) is 4.54. The zero-order valence-corrected chi connectivity index (χ0v) is 11.1. The van der Waals surface area contributed by atoms with Gasteiger partial charge in [-0.2, -0.15) is 0 Å². The Balaban J connectivity index is 2.37. The molecular weight excluding hydrogens is 244 g/mol. The Hall–Kier alpha value is -0.660. The van der Waals surface area contributed by atoms with E-state index in [0.717, 1.165) is 0 Å². The van der Waals surface area contributed by atoms with Gasteiger partial charge < -0.3 is 15.0 Å². The molecule has 0 bridgehead atoms. The normalized spacial score (nSPS) is 23.6. The van der Waals surface area contributed by atoms with Crippen molar-refractivity contribution in [2.45, 2.75) is 13.0 Å². The molecule has 1 N–H and O–H groups in total. The van der Waals surface area contributed by atoms with E-state index in [4.69, 9.17) is 4.74 Å². The third kappa shape index (κ3) is 4.61. The van der Waals surface area contributed by atoms with Gasteiger partial charge in [0.2, 0.25) is 5.91 Å². The molecule has 1 rings (SSSR count). The van der Waals surface area contributed by atoms with E-state index in [9.17, 15) is 13.2 Å². The first-order chi connectivity index (χ1) is 7.96. The number of ether oxygens (including phenoxy) is 1. The predicted molar refractivity (Wildman–Crippen MR) is 64.6 cm³/mol. The summed E-state index contributed by atoms with van der Waals surface area (Å²) in [6, 6.07) is -0.231. The molecule has 1 amide bonds. The van der Waals surface area contributed by atoms with Gasteiger partial charge in [-0.05, 0) is 6.92 Å². The molecule has 1 saturated heterocycles. The molecule has 1 aliphatic rings. The Morgan fingerprint density at radius 3 is 2.82 bits per heavy atom. The highest BCUT2D eigenvalue weighted by molar-refractivity contribution is 7.91. The number of carbonyl (C=O) groups excluding carboxylic acids is 1. The lowest BCUT2D eigenvalue weighted by atomic mass is 10.3. The molecule has 0 radical (unpaired) electrons. The standard InChI is InChI=1S/C10H20N2O4S/c1-9-8-17(14,15)6-4-12(9)10(13)7-11-3-5-16-2/h9,11H,3-8H2,1-2H3. The zero-order chi connectivity index (χ0) is 12.9. The minimum absolute atomic E-state index is 0.0523. The quantitative estimate of drug-likeness (QED) is 0.636. The summed E-state index contributed by atoms with van der Waals surface area (Å²) in [5, 5.41) is 2.96. The molecule has 1 heterocycles. The van der Waals surface area contributed by atoms with Crippen molar-refractivity contribution in [2.75, 3.05) is 44.9 Å². The van der Waals surface area contributed by atoms with E-state index < -0.39 is 9.84 Å². The van der Waals surface area contributed by atoms with Gasteiger partial charge >= 0.3 is 0 Å². The van der Waals surface area contributed by atoms with Crippen molar-refractivity contribution in [3.63, 3.8) is 0 Å². The average molecular weight is 264 g/mol. The van der Waals surface area contributed by atoms with Gasteiger partial charge in [-0.3, -0.25) is 4.79 Å². The Kier molecular flexibility index (Phi) is 5.35. The number of carbonyl (C=O) groups is 1. The molecule has 6 nitrogen and oxygen atoms in total. The van der Waals surface area contributed by atoms with Crippen LogP contribution in [0.5, 0.6) is 0 Å². The number of nitrogens with one attached hydrogen (secondary N) is 1. The molecule has 17 heavy (non-hydrogen) atoms. The number of methoxy groups -OCH3 is 1. The number of nitrogens with zero attached hydrogens (tertiary/aromatic N) is 1. The van der Waals surface area contributed by atoms with E-state index in [0.29, 0.717) is 19.7 Å². The van der Waals surface area contributed by atoms with Gasteiger partial charge in [0.25, 0.3) is 0 Å². The highest BCUT2D eigenvalue weighted by Crippen LogP contribution is 2.11. The summed E-state index contributed by atoms with van der Waals surface area (Å²) in [5.74, 6) is 0.0846. The molecule has 0 aromatic rings. The van der Waals surface area contributed by atoms with Crippen molar-refractivity contribution in [1.82, 2.24) is 10.2 Å². The minimum Gasteiger partial charge on any atom is -0.383 e. The van der Waals surface area contributed by atoms with Crippen LogP contribution in [-0.2, 0) is 19.4 Å². The van der Waals surface area contributed by atoms with Crippen LogP contribution in [0.1, 0.15) is 6.92 Å². The predicted octanol–water partition coefficient (Wildman–Crippen LogP) is -1.13.